The van der Waals surface area contributed by atoms with Gasteiger partial charge in [-0.2, -0.15) is 0 Å². The van der Waals surface area contributed by atoms with E-state index in [2.05, 4.69) is 17.2 Å². The number of carboxylic acids is 1. The number of nitrogens with one attached hydrogen (secondary N) is 1. The normalized spacial score (nSPS) is 11.6. The minimum absolute atomic E-state index is 0.231. The molecule has 1 rings (SSSR count). The molecule has 0 aliphatic carbocycles. The smallest absolute Gasteiger partial charge is 0.328 e. The number of nitrogens with zero attached hydrogens (tertiary/aromatic N) is 1. The van der Waals surface area contributed by atoms with Crippen LogP contribution >= 0.6 is 0 Å². The zero-order chi connectivity index (χ0) is 15.2. The van der Waals surface area contributed by atoms with Gasteiger partial charge in [-0.05, 0) is 32.4 Å². The maximum atomic E-state index is 12.2. The molecule has 0 saturated heterocycles. The first kappa shape index (κ1) is 15.9. The van der Waals surface area contributed by atoms with Crippen molar-refractivity contribution < 1.29 is 14.7 Å². The first-order chi connectivity index (χ1) is 9.35. The van der Waals surface area contributed by atoms with Crippen LogP contribution in [0.5, 0.6) is 0 Å². The predicted octanol–water partition coefficient (Wildman–Crippen LogP) is 2.49. The summed E-state index contributed by atoms with van der Waals surface area (Å²) >= 11 is 0. The van der Waals surface area contributed by atoms with Gasteiger partial charge in [-0.15, -0.1) is 0 Å². The summed E-state index contributed by atoms with van der Waals surface area (Å²) in [5, 5.41) is 11.6. The van der Waals surface area contributed by atoms with Crippen LogP contribution in [-0.2, 0) is 4.79 Å². The molecule has 0 fully saturated rings. The lowest BCUT2D eigenvalue weighted by atomic mass is 9.98. The Morgan fingerprint density at radius 1 is 1.45 bits per heavy atom. The number of carbonyl (C=O) groups is 2. The van der Waals surface area contributed by atoms with E-state index in [1.807, 2.05) is 13.8 Å². The van der Waals surface area contributed by atoms with E-state index in [0.29, 0.717) is 5.56 Å². The molecule has 0 aliphatic heterocycles. The first-order valence-corrected chi connectivity index (χ1v) is 6.54. The van der Waals surface area contributed by atoms with Crippen LogP contribution in [0.3, 0.4) is 0 Å². The van der Waals surface area contributed by atoms with Crippen LogP contribution in [0.25, 0.3) is 6.08 Å². The molecule has 2 N–H and O–H groups in total. The third kappa shape index (κ3) is 4.84. The summed E-state index contributed by atoms with van der Waals surface area (Å²) in [5.74, 6) is -1.36. The highest BCUT2D eigenvalue weighted by Gasteiger charge is 2.21. The molecule has 0 atom stereocenters. The van der Waals surface area contributed by atoms with Crippen LogP contribution < -0.4 is 5.32 Å². The van der Waals surface area contributed by atoms with Crippen LogP contribution in [0.2, 0.25) is 0 Å². The molecule has 0 bridgehead atoms. The molecule has 0 aromatic carbocycles. The number of hydrogen-bond donors (Lipinski definition) is 2. The number of hydrogen-bond acceptors (Lipinski definition) is 3. The first-order valence-electron chi connectivity index (χ1n) is 6.54. The molecule has 5 heteroatoms. The second-order valence-corrected chi connectivity index (χ2v) is 5.20. The molecule has 0 saturated carbocycles. The van der Waals surface area contributed by atoms with Crippen LogP contribution in [0.4, 0.5) is 0 Å². The summed E-state index contributed by atoms with van der Waals surface area (Å²) in [6.07, 6.45) is 5.69. The largest absolute Gasteiger partial charge is 0.478 e. The molecule has 1 aromatic heterocycles. The topological polar surface area (TPSA) is 79.3 Å². The van der Waals surface area contributed by atoms with E-state index in [0.717, 1.165) is 18.9 Å². The third-order valence-electron chi connectivity index (χ3n) is 2.79. The van der Waals surface area contributed by atoms with Crippen molar-refractivity contribution in [2.45, 2.75) is 39.2 Å². The van der Waals surface area contributed by atoms with E-state index in [1.165, 1.54) is 12.3 Å². The average molecular weight is 276 g/mol. The van der Waals surface area contributed by atoms with Gasteiger partial charge < -0.3 is 10.4 Å². The third-order valence-corrected chi connectivity index (χ3v) is 2.79. The summed E-state index contributed by atoms with van der Waals surface area (Å²) in [6.45, 7) is 5.95. The minimum Gasteiger partial charge on any atom is -0.478 e. The van der Waals surface area contributed by atoms with Crippen LogP contribution in [0.15, 0.2) is 24.4 Å². The number of carboxylic acid groups (broad SMARTS) is 1. The van der Waals surface area contributed by atoms with Gasteiger partial charge in [-0.25, -0.2) is 4.79 Å². The summed E-state index contributed by atoms with van der Waals surface area (Å²) in [7, 11) is 0. The molecule has 108 valence electrons. The molecule has 0 radical (unpaired) electrons. The van der Waals surface area contributed by atoms with Crippen molar-refractivity contribution in [2.75, 3.05) is 0 Å². The Morgan fingerprint density at radius 3 is 2.75 bits per heavy atom. The molecule has 0 spiro atoms. The highest BCUT2D eigenvalue weighted by molar-refractivity contribution is 5.97. The second kappa shape index (κ2) is 6.84. The molecular formula is C15H20N2O3. The lowest BCUT2D eigenvalue weighted by Crippen LogP contribution is -2.43. The van der Waals surface area contributed by atoms with Crippen molar-refractivity contribution in [3.05, 3.63) is 35.7 Å². The molecular weight excluding hydrogens is 256 g/mol. The maximum Gasteiger partial charge on any atom is 0.328 e. The fraction of sp³-hybridized carbons (Fsp3) is 0.400. The highest BCUT2D eigenvalue weighted by Crippen LogP contribution is 2.14. The van der Waals surface area contributed by atoms with E-state index in [4.69, 9.17) is 5.11 Å². The van der Waals surface area contributed by atoms with Gasteiger partial charge in [0.15, 0.2) is 0 Å². The van der Waals surface area contributed by atoms with Crippen molar-refractivity contribution in [3.8, 4) is 0 Å². The summed E-state index contributed by atoms with van der Waals surface area (Å²) in [4.78, 5) is 26.9. The second-order valence-electron chi connectivity index (χ2n) is 5.20. The Morgan fingerprint density at radius 2 is 2.15 bits per heavy atom. The average Bonchev–Trinajstić information content (AvgIpc) is 2.35. The number of amides is 1. The van der Waals surface area contributed by atoms with Crippen molar-refractivity contribution in [3.63, 3.8) is 0 Å². The Kier molecular flexibility index (Phi) is 5.43. The van der Waals surface area contributed by atoms with Gasteiger partial charge in [0.1, 0.15) is 5.69 Å². The Labute approximate surface area is 118 Å². The monoisotopic (exact) mass is 276 g/mol. The molecule has 1 amide bonds. The van der Waals surface area contributed by atoms with Crippen LogP contribution in [-0.4, -0.2) is 27.5 Å². The molecule has 0 unspecified atom stereocenters. The van der Waals surface area contributed by atoms with Gasteiger partial charge in [0, 0.05) is 23.4 Å². The predicted molar refractivity (Wildman–Crippen MR) is 77.4 cm³/mol. The fourth-order valence-electron chi connectivity index (χ4n) is 1.96. The summed E-state index contributed by atoms with van der Waals surface area (Å²) < 4.78 is 0. The zero-order valence-corrected chi connectivity index (χ0v) is 12.0. The van der Waals surface area contributed by atoms with Crippen molar-refractivity contribution in [1.29, 1.82) is 0 Å². The molecule has 20 heavy (non-hydrogen) atoms. The SMILES string of the molecule is CCCC(C)(C)NC(=O)c1ncccc1/C=C/C(=O)O. The summed E-state index contributed by atoms with van der Waals surface area (Å²) in [5.41, 5.74) is 0.394. The number of pyridine rings is 1. The highest BCUT2D eigenvalue weighted by atomic mass is 16.4. The van der Waals surface area contributed by atoms with E-state index >= 15 is 0 Å². The molecule has 5 nitrogen and oxygen atoms in total. The van der Waals surface area contributed by atoms with Gasteiger partial charge in [-0.1, -0.05) is 19.4 Å². The van der Waals surface area contributed by atoms with Crippen LogP contribution in [0, 0.1) is 0 Å². The van der Waals surface area contributed by atoms with Gasteiger partial charge in [-0.3, -0.25) is 9.78 Å². The van der Waals surface area contributed by atoms with Crippen molar-refractivity contribution in [1.82, 2.24) is 10.3 Å². The van der Waals surface area contributed by atoms with Crippen molar-refractivity contribution >= 4 is 18.0 Å². The number of carbonyl (C=O) groups excluding carboxylic acids is 1. The van der Waals surface area contributed by atoms with Gasteiger partial charge in [0.25, 0.3) is 5.91 Å². The van der Waals surface area contributed by atoms with Gasteiger partial charge in [0.05, 0.1) is 0 Å². The van der Waals surface area contributed by atoms with Gasteiger partial charge in [0.2, 0.25) is 0 Å². The maximum absolute atomic E-state index is 12.2. The number of rotatable bonds is 6. The van der Waals surface area contributed by atoms with E-state index in [-0.39, 0.29) is 17.1 Å². The molecule has 0 aliphatic rings. The zero-order valence-electron chi connectivity index (χ0n) is 12.0. The van der Waals surface area contributed by atoms with Crippen LogP contribution in [0.1, 0.15) is 49.7 Å². The quantitative estimate of drug-likeness (QED) is 0.782. The van der Waals surface area contributed by atoms with E-state index in [9.17, 15) is 9.59 Å². The minimum atomic E-state index is -1.06. The molecule has 1 aromatic rings. The Balaban J connectivity index is 2.96. The molecule has 1 heterocycles. The Hall–Kier alpha value is -2.17. The number of aliphatic carboxylic acids is 1. The van der Waals surface area contributed by atoms with E-state index in [1.54, 1.807) is 12.1 Å². The standard InChI is InChI=1S/C15H20N2O3/c1-4-9-15(2,3)17-14(20)13-11(6-5-10-16-13)7-8-12(18)19/h5-8,10H,4,9H2,1-3H3,(H,17,20)(H,18,19)/b8-7+. The number of aromatic nitrogens is 1. The fourth-order valence-corrected chi connectivity index (χ4v) is 1.96. The lowest BCUT2D eigenvalue weighted by molar-refractivity contribution is -0.131. The van der Waals surface area contributed by atoms with Gasteiger partial charge >= 0.3 is 5.97 Å². The Bertz CT molecular complexity index is 522. The lowest BCUT2D eigenvalue weighted by Gasteiger charge is -2.25. The summed E-state index contributed by atoms with van der Waals surface area (Å²) in [6, 6.07) is 3.32. The van der Waals surface area contributed by atoms with Crippen molar-refractivity contribution in [2.24, 2.45) is 0 Å². The van der Waals surface area contributed by atoms with E-state index < -0.39 is 5.97 Å².